The Hall–Kier alpha value is -1.84. The molecular weight excluding hydrogens is 190 g/mol. The second-order valence-corrected chi connectivity index (χ2v) is 3.76. The van der Waals surface area contributed by atoms with Crippen LogP contribution in [0.25, 0.3) is 0 Å². The molecule has 78 valence electrons. The number of carbonyl (C=O) groups is 1. The Labute approximate surface area is 88.2 Å². The van der Waals surface area contributed by atoms with Crippen molar-refractivity contribution in [2.24, 2.45) is 11.0 Å². The van der Waals surface area contributed by atoms with Gasteiger partial charge in [-0.2, -0.15) is 5.10 Å². The Morgan fingerprint density at radius 3 is 2.67 bits per heavy atom. The lowest BCUT2D eigenvalue weighted by Crippen LogP contribution is -2.31. The quantitative estimate of drug-likeness (QED) is 0.672. The summed E-state index contributed by atoms with van der Waals surface area (Å²) in [6.45, 7) is 1.99. The number of rotatable bonds is 1. The molecule has 1 amide bonds. The summed E-state index contributed by atoms with van der Waals surface area (Å²) < 4.78 is 0. The van der Waals surface area contributed by atoms with Crippen LogP contribution in [0.2, 0.25) is 0 Å². The lowest BCUT2D eigenvalue weighted by molar-refractivity contribution is -0.121. The smallest absolute Gasteiger partial charge is 0.240 e. The topological polar surface area (TPSA) is 67.5 Å². The predicted octanol–water partition coefficient (Wildman–Crippen LogP) is 1.13. The first-order valence-electron chi connectivity index (χ1n) is 4.89. The van der Waals surface area contributed by atoms with Crippen LogP contribution in [0.15, 0.2) is 29.4 Å². The monoisotopic (exact) mass is 203 g/mol. The summed E-state index contributed by atoms with van der Waals surface area (Å²) in [7, 11) is 0. The Morgan fingerprint density at radius 2 is 2.07 bits per heavy atom. The molecule has 0 aromatic heterocycles. The fourth-order valence-electron chi connectivity index (χ4n) is 1.66. The average Bonchev–Trinajstić information content (AvgIpc) is 2.20. The van der Waals surface area contributed by atoms with Crippen LogP contribution in [-0.2, 0) is 4.79 Å². The summed E-state index contributed by atoms with van der Waals surface area (Å²) >= 11 is 0. The molecule has 4 nitrogen and oxygen atoms in total. The number of hydrogen-bond acceptors (Lipinski definition) is 3. The van der Waals surface area contributed by atoms with Gasteiger partial charge in [0.2, 0.25) is 5.91 Å². The highest BCUT2D eigenvalue weighted by Crippen LogP contribution is 2.17. The van der Waals surface area contributed by atoms with Gasteiger partial charge in [0.25, 0.3) is 0 Å². The molecule has 1 atom stereocenters. The van der Waals surface area contributed by atoms with Gasteiger partial charge in [-0.1, -0.05) is 19.1 Å². The molecule has 0 aliphatic carbocycles. The van der Waals surface area contributed by atoms with Crippen molar-refractivity contribution in [3.05, 3.63) is 29.8 Å². The number of anilines is 1. The van der Waals surface area contributed by atoms with Gasteiger partial charge in [0, 0.05) is 18.0 Å². The Kier molecular flexibility index (Phi) is 2.41. The van der Waals surface area contributed by atoms with E-state index in [1.807, 2.05) is 31.2 Å². The van der Waals surface area contributed by atoms with Crippen LogP contribution in [0.5, 0.6) is 0 Å². The fourth-order valence-corrected chi connectivity index (χ4v) is 1.66. The molecule has 0 radical (unpaired) electrons. The molecule has 1 aromatic carbocycles. The van der Waals surface area contributed by atoms with E-state index in [4.69, 9.17) is 5.73 Å². The molecule has 3 N–H and O–H groups in total. The summed E-state index contributed by atoms with van der Waals surface area (Å²) in [5.74, 6) is 0.129. The molecule has 4 heteroatoms. The second kappa shape index (κ2) is 3.73. The van der Waals surface area contributed by atoms with Gasteiger partial charge in [-0.15, -0.1) is 0 Å². The van der Waals surface area contributed by atoms with E-state index in [-0.39, 0.29) is 11.8 Å². The third-order valence-corrected chi connectivity index (χ3v) is 2.47. The zero-order valence-corrected chi connectivity index (χ0v) is 8.53. The molecule has 0 unspecified atom stereocenters. The standard InChI is InChI=1S/C11H13N3O/c1-7-6-10(15)13-14-11(7)8-2-4-9(12)5-3-8/h2-5,7H,6,12H2,1H3,(H,13,15)/t7-/m0/s1. The molecule has 1 aliphatic heterocycles. The molecule has 1 aliphatic rings. The van der Waals surface area contributed by atoms with Gasteiger partial charge in [-0.25, -0.2) is 5.43 Å². The number of carbonyl (C=O) groups excluding carboxylic acids is 1. The number of nitrogen functional groups attached to an aromatic ring is 1. The third-order valence-electron chi connectivity index (χ3n) is 2.47. The minimum Gasteiger partial charge on any atom is -0.399 e. The molecule has 1 aromatic rings. The fraction of sp³-hybridized carbons (Fsp3) is 0.273. The first kappa shape index (κ1) is 9.71. The van der Waals surface area contributed by atoms with Gasteiger partial charge in [0.1, 0.15) is 0 Å². The van der Waals surface area contributed by atoms with Crippen LogP contribution in [0.1, 0.15) is 18.9 Å². The Bertz CT molecular complexity index is 408. The van der Waals surface area contributed by atoms with Crippen LogP contribution < -0.4 is 11.2 Å². The van der Waals surface area contributed by atoms with Gasteiger partial charge in [0.05, 0.1) is 5.71 Å². The lowest BCUT2D eigenvalue weighted by Gasteiger charge is -2.19. The van der Waals surface area contributed by atoms with Crippen molar-refractivity contribution >= 4 is 17.3 Å². The third kappa shape index (κ3) is 1.98. The summed E-state index contributed by atoms with van der Waals surface area (Å²) in [6.07, 6.45) is 0.489. The number of hydrogen-bond donors (Lipinski definition) is 2. The van der Waals surface area contributed by atoms with Crippen LogP contribution in [0.4, 0.5) is 5.69 Å². The molecule has 15 heavy (non-hydrogen) atoms. The maximum atomic E-state index is 11.1. The van der Waals surface area contributed by atoms with E-state index in [9.17, 15) is 4.79 Å². The average molecular weight is 203 g/mol. The number of nitrogens with one attached hydrogen (secondary N) is 1. The highest BCUT2D eigenvalue weighted by molar-refractivity contribution is 6.05. The summed E-state index contributed by atoms with van der Waals surface area (Å²) in [5, 5.41) is 4.07. The van der Waals surface area contributed by atoms with E-state index in [0.717, 1.165) is 17.0 Å². The van der Waals surface area contributed by atoms with Gasteiger partial charge in [0.15, 0.2) is 0 Å². The summed E-state index contributed by atoms with van der Waals surface area (Å²) in [4.78, 5) is 11.1. The Balaban J connectivity index is 2.31. The van der Waals surface area contributed by atoms with E-state index in [0.29, 0.717) is 6.42 Å². The van der Waals surface area contributed by atoms with E-state index < -0.39 is 0 Å². The SMILES string of the molecule is C[C@H]1CC(=O)NN=C1c1ccc(N)cc1. The molecular formula is C11H13N3O. The Morgan fingerprint density at radius 1 is 1.40 bits per heavy atom. The van der Waals surface area contributed by atoms with Crippen molar-refractivity contribution in [1.82, 2.24) is 5.43 Å². The van der Waals surface area contributed by atoms with Crippen LogP contribution in [0, 0.1) is 5.92 Å². The number of benzene rings is 1. The van der Waals surface area contributed by atoms with E-state index >= 15 is 0 Å². The molecule has 0 saturated heterocycles. The zero-order valence-electron chi connectivity index (χ0n) is 8.53. The number of amides is 1. The summed E-state index contributed by atoms with van der Waals surface area (Å²) in [6, 6.07) is 7.51. The molecule has 0 spiro atoms. The molecule has 0 fully saturated rings. The maximum absolute atomic E-state index is 11.1. The van der Waals surface area contributed by atoms with E-state index in [1.165, 1.54) is 0 Å². The highest BCUT2D eigenvalue weighted by atomic mass is 16.2. The van der Waals surface area contributed by atoms with Crippen molar-refractivity contribution in [1.29, 1.82) is 0 Å². The zero-order chi connectivity index (χ0) is 10.8. The highest BCUT2D eigenvalue weighted by Gasteiger charge is 2.21. The van der Waals surface area contributed by atoms with Gasteiger partial charge >= 0.3 is 0 Å². The van der Waals surface area contributed by atoms with Crippen molar-refractivity contribution in [2.75, 3.05) is 5.73 Å². The van der Waals surface area contributed by atoms with E-state index in [1.54, 1.807) is 0 Å². The van der Waals surface area contributed by atoms with Gasteiger partial charge < -0.3 is 5.73 Å². The minimum atomic E-state index is -0.0262. The maximum Gasteiger partial charge on any atom is 0.240 e. The van der Waals surface area contributed by atoms with Crippen LogP contribution >= 0.6 is 0 Å². The first-order valence-corrected chi connectivity index (χ1v) is 4.89. The first-order chi connectivity index (χ1) is 7.16. The second-order valence-electron chi connectivity index (χ2n) is 3.76. The van der Waals surface area contributed by atoms with Crippen molar-refractivity contribution in [3.63, 3.8) is 0 Å². The number of hydrazone groups is 1. The van der Waals surface area contributed by atoms with Crippen LogP contribution in [0.3, 0.4) is 0 Å². The van der Waals surface area contributed by atoms with Gasteiger partial charge in [-0.05, 0) is 17.7 Å². The van der Waals surface area contributed by atoms with Crippen molar-refractivity contribution < 1.29 is 4.79 Å². The normalized spacial score (nSPS) is 20.7. The lowest BCUT2D eigenvalue weighted by atomic mass is 9.94. The number of nitrogens with two attached hydrogens (primary N) is 1. The minimum absolute atomic E-state index is 0.0262. The molecule has 1 heterocycles. The molecule has 0 saturated carbocycles. The largest absolute Gasteiger partial charge is 0.399 e. The van der Waals surface area contributed by atoms with E-state index in [2.05, 4.69) is 10.5 Å². The van der Waals surface area contributed by atoms with Crippen molar-refractivity contribution in [3.8, 4) is 0 Å². The van der Waals surface area contributed by atoms with Crippen molar-refractivity contribution in [2.45, 2.75) is 13.3 Å². The number of nitrogens with zero attached hydrogens (tertiary/aromatic N) is 1. The molecule has 0 bridgehead atoms. The molecule has 2 rings (SSSR count). The van der Waals surface area contributed by atoms with Crippen LogP contribution in [-0.4, -0.2) is 11.6 Å². The summed E-state index contributed by atoms with van der Waals surface area (Å²) in [5.41, 5.74) is 10.7. The van der Waals surface area contributed by atoms with Gasteiger partial charge in [-0.3, -0.25) is 4.79 Å². The predicted molar refractivity (Wildman–Crippen MR) is 59.3 cm³/mol.